The van der Waals surface area contributed by atoms with Gasteiger partial charge in [0.1, 0.15) is 11.6 Å². The maximum Gasteiger partial charge on any atom is 0.254 e. The Hall–Kier alpha value is -2.07. The summed E-state index contributed by atoms with van der Waals surface area (Å²) < 4.78 is 51.2. The topological polar surface area (TPSA) is 95.6 Å². The van der Waals surface area contributed by atoms with Gasteiger partial charge in [0.2, 0.25) is 15.9 Å². The number of nitrogens with one attached hydrogen (secondary N) is 2. The van der Waals surface area contributed by atoms with E-state index in [4.69, 9.17) is 0 Å². The minimum absolute atomic E-state index is 0.00679. The molecule has 0 aliphatic carbocycles. The summed E-state index contributed by atoms with van der Waals surface area (Å²) >= 11 is 0. The van der Waals surface area contributed by atoms with Crippen LogP contribution in [-0.2, 0) is 14.8 Å². The van der Waals surface area contributed by atoms with Gasteiger partial charge >= 0.3 is 0 Å². The van der Waals surface area contributed by atoms with Gasteiger partial charge in [-0.15, -0.1) is 0 Å². The monoisotopic (exact) mass is 389 g/mol. The summed E-state index contributed by atoms with van der Waals surface area (Å²) in [6.45, 7) is 0.814. The number of piperidine rings is 1. The molecule has 0 radical (unpaired) electrons. The van der Waals surface area contributed by atoms with Crippen molar-refractivity contribution in [2.24, 2.45) is 5.92 Å². The van der Waals surface area contributed by atoms with E-state index in [9.17, 15) is 26.8 Å². The number of rotatable bonds is 6. The van der Waals surface area contributed by atoms with Crippen LogP contribution < -0.4 is 10.0 Å². The number of amides is 2. The summed E-state index contributed by atoms with van der Waals surface area (Å²) in [4.78, 5) is 25.7. The van der Waals surface area contributed by atoms with Crippen LogP contribution in [0.25, 0.3) is 0 Å². The third-order valence-electron chi connectivity index (χ3n) is 4.08. The van der Waals surface area contributed by atoms with Gasteiger partial charge in [-0.2, -0.15) is 0 Å². The van der Waals surface area contributed by atoms with Gasteiger partial charge in [-0.3, -0.25) is 9.59 Å². The van der Waals surface area contributed by atoms with E-state index in [1.807, 2.05) is 0 Å². The van der Waals surface area contributed by atoms with E-state index in [2.05, 4.69) is 10.0 Å². The Bertz CT molecular complexity index is 786. The summed E-state index contributed by atoms with van der Waals surface area (Å²) in [6.07, 6.45) is 2.59. The molecular formula is C16H21F2N3O4S. The van der Waals surface area contributed by atoms with E-state index in [0.29, 0.717) is 19.2 Å². The molecular weight excluding hydrogens is 368 g/mol. The molecule has 10 heteroatoms. The predicted octanol–water partition coefficient (Wildman–Crippen LogP) is 0.482. The molecule has 7 nitrogen and oxygen atoms in total. The van der Waals surface area contributed by atoms with Crippen LogP contribution in [0.3, 0.4) is 0 Å². The van der Waals surface area contributed by atoms with Crippen molar-refractivity contribution in [3.63, 3.8) is 0 Å². The highest BCUT2D eigenvalue weighted by Crippen LogP contribution is 2.16. The van der Waals surface area contributed by atoms with E-state index in [1.165, 1.54) is 0 Å². The largest absolute Gasteiger partial charge is 0.343 e. The second kappa shape index (κ2) is 8.54. The number of benzene rings is 1. The maximum atomic E-state index is 13.6. The summed E-state index contributed by atoms with van der Waals surface area (Å²) in [7, 11) is -3.29. The smallest absolute Gasteiger partial charge is 0.254 e. The van der Waals surface area contributed by atoms with E-state index in [0.717, 1.165) is 31.2 Å². The first kappa shape index (κ1) is 20.2. The van der Waals surface area contributed by atoms with Gasteiger partial charge < -0.3 is 10.2 Å². The van der Waals surface area contributed by atoms with Crippen LogP contribution >= 0.6 is 0 Å². The number of sulfonamides is 1. The number of carbonyl (C=O) groups excluding carboxylic acids is 2. The molecule has 2 amide bonds. The highest BCUT2D eigenvalue weighted by molar-refractivity contribution is 7.88. The van der Waals surface area contributed by atoms with Crippen molar-refractivity contribution < 1.29 is 26.8 Å². The number of likely N-dealkylation sites (tertiary alicyclic amines) is 1. The third kappa shape index (κ3) is 6.03. The predicted molar refractivity (Wildman–Crippen MR) is 90.8 cm³/mol. The standard InChI is InChI=1S/C16H21F2N3O4S/c1-26(24,25)20-8-11-3-2-6-21(10-11)15(22)9-19-16(23)13-5-4-12(17)7-14(13)18/h4-5,7,11,20H,2-3,6,8-10H2,1H3,(H,19,23). The fourth-order valence-corrected chi connectivity index (χ4v) is 3.30. The molecule has 1 atom stereocenters. The van der Waals surface area contributed by atoms with Crippen molar-refractivity contribution >= 4 is 21.8 Å². The molecule has 1 aliphatic heterocycles. The lowest BCUT2D eigenvalue weighted by Crippen LogP contribution is -2.47. The second-order valence-corrected chi connectivity index (χ2v) is 8.11. The van der Waals surface area contributed by atoms with Gasteiger partial charge in [-0.1, -0.05) is 0 Å². The molecule has 1 aromatic rings. The van der Waals surface area contributed by atoms with Gasteiger partial charge in [-0.25, -0.2) is 21.9 Å². The lowest BCUT2D eigenvalue weighted by atomic mass is 9.98. The van der Waals surface area contributed by atoms with Gasteiger partial charge in [0.25, 0.3) is 5.91 Å². The Kier molecular flexibility index (Phi) is 6.65. The minimum atomic E-state index is -3.29. The minimum Gasteiger partial charge on any atom is -0.343 e. The van der Waals surface area contributed by atoms with Crippen LogP contribution in [0.1, 0.15) is 23.2 Å². The molecule has 1 unspecified atom stereocenters. The first-order chi connectivity index (χ1) is 12.2. The molecule has 2 N–H and O–H groups in total. The van der Waals surface area contributed by atoms with Crippen molar-refractivity contribution in [1.82, 2.24) is 14.9 Å². The molecule has 1 saturated heterocycles. The van der Waals surface area contributed by atoms with Crippen LogP contribution in [0.5, 0.6) is 0 Å². The molecule has 0 aromatic heterocycles. The SMILES string of the molecule is CS(=O)(=O)NCC1CCCN(C(=O)CNC(=O)c2ccc(F)cc2F)C1. The van der Waals surface area contributed by atoms with Crippen molar-refractivity contribution in [2.75, 3.05) is 32.4 Å². The summed E-state index contributed by atoms with van der Waals surface area (Å²) in [6, 6.07) is 2.57. The van der Waals surface area contributed by atoms with E-state index >= 15 is 0 Å². The molecule has 2 rings (SSSR count). The van der Waals surface area contributed by atoms with Gasteiger partial charge in [-0.05, 0) is 30.9 Å². The Morgan fingerprint density at radius 1 is 1.31 bits per heavy atom. The molecule has 144 valence electrons. The lowest BCUT2D eigenvalue weighted by molar-refractivity contribution is -0.131. The fourth-order valence-electron chi connectivity index (χ4n) is 2.76. The second-order valence-electron chi connectivity index (χ2n) is 6.28. The van der Waals surface area contributed by atoms with Crippen molar-refractivity contribution in [2.45, 2.75) is 12.8 Å². The molecule has 0 spiro atoms. The van der Waals surface area contributed by atoms with Crippen LogP contribution in [0.2, 0.25) is 0 Å². The highest BCUT2D eigenvalue weighted by Gasteiger charge is 2.24. The first-order valence-corrected chi connectivity index (χ1v) is 10.0. The highest BCUT2D eigenvalue weighted by atomic mass is 32.2. The first-order valence-electron chi connectivity index (χ1n) is 8.11. The van der Waals surface area contributed by atoms with Crippen molar-refractivity contribution in [1.29, 1.82) is 0 Å². The third-order valence-corrected chi connectivity index (χ3v) is 4.77. The number of carbonyl (C=O) groups is 2. The Morgan fingerprint density at radius 2 is 2.04 bits per heavy atom. The summed E-state index contributed by atoms with van der Waals surface area (Å²) in [5.74, 6) is -2.95. The molecule has 0 bridgehead atoms. The molecule has 1 heterocycles. The average molecular weight is 389 g/mol. The van der Waals surface area contributed by atoms with Crippen molar-refractivity contribution in [3.8, 4) is 0 Å². The summed E-state index contributed by atoms with van der Waals surface area (Å²) in [5, 5.41) is 2.32. The normalized spacial score (nSPS) is 17.8. The molecule has 1 aliphatic rings. The van der Waals surface area contributed by atoms with Crippen molar-refractivity contribution in [3.05, 3.63) is 35.4 Å². The van der Waals surface area contributed by atoms with Crippen LogP contribution in [0, 0.1) is 17.6 Å². The molecule has 0 saturated carbocycles. The van der Waals surface area contributed by atoms with Crippen LogP contribution in [-0.4, -0.2) is 57.6 Å². The average Bonchev–Trinajstić information content (AvgIpc) is 2.57. The quantitative estimate of drug-likeness (QED) is 0.740. The number of hydrogen-bond acceptors (Lipinski definition) is 4. The number of halogens is 2. The van der Waals surface area contributed by atoms with E-state index in [1.54, 1.807) is 4.90 Å². The molecule has 26 heavy (non-hydrogen) atoms. The molecule has 1 aromatic carbocycles. The van der Waals surface area contributed by atoms with E-state index in [-0.39, 0.29) is 30.5 Å². The Morgan fingerprint density at radius 3 is 2.69 bits per heavy atom. The zero-order valence-electron chi connectivity index (χ0n) is 14.3. The Balaban J connectivity index is 1.85. The zero-order chi connectivity index (χ0) is 19.3. The summed E-state index contributed by atoms with van der Waals surface area (Å²) in [5.41, 5.74) is -0.340. The number of nitrogens with zero attached hydrogens (tertiary/aromatic N) is 1. The van der Waals surface area contributed by atoms with Crippen LogP contribution in [0.15, 0.2) is 18.2 Å². The van der Waals surface area contributed by atoms with Gasteiger partial charge in [0, 0.05) is 25.7 Å². The Labute approximate surface area is 150 Å². The zero-order valence-corrected chi connectivity index (χ0v) is 15.1. The fraction of sp³-hybridized carbons (Fsp3) is 0.500. The van der Waals surface area contributed by atoms with Gasteiger partial charge in [0.05, 0.1) is 18.4 Å². The van der Waals surface area contributed by atoms with Crippen LogP contribution in [0.4, 0.5) is 8.78 Å². The van der Waals surface area contributed by atoms with E-state index < -0.39 is 27.6 Å². The maximum absolute atomic E-state index is 13.6. The molecule has 1 fully saturated rings. The van der Waals surface area contributed by atoms with Gasteiger partial charge in [0.15, 0.2) is 0 Å². The number of hydrogen-bond donors (Lipinski definition) is 2. The lowest BCUT2D eigenvalue weighted by Gasteiger charge is -2.32.